The van der Waals surface area contributed by atoms with Crippen molar-refractivity contribution in [2.24, 2.45) is 52.3 Å². The Morgan fingerprint density at radius 3 is 2.22 bits per heavy atom. The lowest BCUT2D eigenvalue weighted by atomic mass is 9.44. The summed E-state index contributed by atoms with van der Waals surface area (Å²) in [6.07, 6.45) is -0.870. The molecule has 0 amide bonds. The summed E-state index contributed by atoms with van der Waals surface area (Å²) in [5, 5.41) is 62.0. The van der Waals surface area contributed by atoms with Gasteiger partial charge >= 0.3 is 0 Å². The van der Waals surface area contributed by atoms with Crippen LogP contribution in [0.15, 0.2) is 0 Å². The summed E-state index contributed by atoms with van der Waals surface area (Å²) in [6.45, 7) is 9.90. The van der Waals surface area contributed by atoms with E-state index < -0.39 is 61.9 Å². The minimum Gasteiger partial charge on any atom is -0.394 e. The first-order valence-electron chi connectivity index (χ1n) is 19.7. The third-order valence-corrected chi connectivity index (χ3v) is 15.8. The maximum Gasteiger partial charge on any atom is 0.187 e. The maximum absolute atomic E-state index is 11.0. The van der Waals surface area contributed by atoms with Crippen LogP contribution in [0.2, 0.25) is 0 Å². The Kier molecular flexibility index (Phi) is 9.76. The molecular formula is C38H62O12. The Labute approximate surface area is 296 Å². The quantitative estimate of drug-likeness (QED) is 0.230. The van der Waals surface area contributed by atoms with Crippen molar-refractivity contribution >= 4 is 0 Å². The highest BCUT2D eigenvalue weighted by molar-refractivity contribution is 5.15. The molecule has 4 aliphatic carbocycles. The number of hydrogen-bond acceptors (Lipinski definition) is 12. The van der Waals surface area contributed by atoms with Crippen molar-refractivity contribution < 1.29 is 59.1 Å². The lowest BCUT2D eigenvalue weighted by molar-refractivity contribution is -0.347. The van der Waals surface area contributed by atoms with Crippen LogP contribution in [0.25, 0.3) is 0 Å². The Morgan fingerprint density at radius 1 is 0.720 bits per heavy atom. The van der Waals surface area contributed by atoms with Crippen LogP contribution < -0.4 is 0 Å². The van der Waals surface area contributed by atoms with Crippen molar-refractivity contribution in [3.8, 4) is 0 Å². The van der Waals surface area contributed by atoms with Gasteiger partial charge in [0.1, 0.15) is 42.7 Å². The number of aliphatic hydroxyl groups is 6. The van der Waals surface area contributed by atoms with Crippen molar-refractivity contribution in [2.75, 3.05) is 19.8 Å². The van der Waals surface area contributed by atoms with E-state index >= 15 is 0 Å². The normalized spacial score (nSPS) is 59.4. The van der Waals surface area contributed by atoms with Crippen LogP contribution in [0, 0.1) is 52.3 Å². The summed E-state index contributed by atoms with van der Waals surface area (Å²) in [6, 6.07) is 0. The molecule has 0 aromatic carbocycles. The summed E-state index contributed by atoms with van der Waals surface area (Å²) in [4.78, 5) is 0. The number of rotatable bonds is 5. The summed E-state index contributed by atoms with van der Waals surface area (Å²) < 4.78 is 36.9. The molecule has 0 aromatic rings. The van der Waals surface area contributed by atoms with Crippen molar-refractivity contribution in [1.29, 1.82) is 0 Å². The summed E-state index contributed by atoms with van der Waals surface area (Å²) in [7, 11) is 0. The Balaban J connectivity index is 0.869. The van der Waals surface area contributed by atoms with Gasteiger partial charge in [0, 0.05) is 12.3 Å². The molecule has 50 heavy (non-hydrogen) atoms. The van der Waals surface area contributed by atoms with E-state index in [4.69, 9.17) is 28.4 Å². The molecule has 6 N–H and O–H groups in total. The first-order chi connectivity index (χ1) is 23.8. The fourth-order valence-corrected chi connectivity index (χ4v) is 12.9. The molecule has 4 heterocycles. The zero-order chi connectivity index (χ0) is 35.3. The zero-order valence-electron chi connectivity index (χ0n) is 30.2. The van der Waals surface area contributed by atoms with Crippen molar-refractivity contribution in [3.05, 3.63) is 0 Å². The minimum atomic E-state index is -1.62. The topological polar surface area (TPSA) is 177 Å². The molecular weight excluding hydrogens is 648 g/mol. The smallest absolute Gasteiger partial charge is 0.187 e. The van der Waals surface area contributed by atoms with Gasteiger partial charge in [0.2, 0.25) is 0 Å². The summed E-state index contributed by atoms with van der Waals surface area (Å²) in [5.74, 6) is 3.85. The van der Waals surface area contributed by atoms with Gasteiger partial charge in [-0.1, -0.05) is 27.7 Å². The zero-order valence-corrected chi connectivity index (χ0v) is 30.2. The second kappa shape index (κ2) is 13.4. The molecule has 4 saturated heterocycles. The van der Waals surface area contributed by atoms with Gasteiger partial charge in [0.25, 0.3) is 0 Å². The highest BCUT2D eigenvalue weighted by atomic mass is 16.7. The van der Waals surface area contributed by atoms with Gasteiger partial charge in [0.05, 0.1) is 32.0 Å². The van der Waals surface area contributed by atoms with E-state index in [1.165, 1.54) is 38.5 Å². The molecule has 0 aromatic heterocycles. The molecule has 12 heteroatoms. The van der Waals surface area contributed by atoms with Crippen LogP contribution >= 0.6 is 0 Å². The van der Waals surface area contributed by atoms with Gasteiger partial charge in [-0.15, -0.1) is 0 Å². The molecule has 4 saturated carbocycles. The third kappa shape index (κ3) is 5.68. The first kappa shape index (κ1) is 36.5. The Hall–Kier alpha value is -0.480. The molecule has 8 rings (SSSR count). The SMILES string of the molecule is CC1CCC2(OC1)OC1CC3C4CCC5CC(O[C@@H]6OC[C@H](O[C@@H]7O[C@H](CO)[C@@H](O)[C@@H](O)[C@H]7O)[C@@H](O)[C@H]6O)CCC5(C)C4CCC3(C)C1C2C. The van der Waals surface area contributed by atoms with Crippen molar-refractivity contribution in [3.63, 3.8) is 0 Å². The first-order valence-corrected chi connectivity index (χ1v) is 19.7. The molecule has 4 aliphatic heterocycles. The maximum atomic E-state index is 11.0. The van der Waals surface area contributed by atoms with Crippen LogP contribution in [0.1, 0.15) is 91.9 Å². The number of aliphatic hydroxyl groups excluding tert-OH is 6. The average Bonchev–Trinajstić information content (AvgIpc) is 3.55. The van der Waals surface area contributed by atoms with Gasteiger partial charge < -0.3 is 59.1 Å². The van der Waals surface area contributed by atoms with Gasteiger partial charge in [-0.3, -0.25) is 0 Å². The van der Waals surface area contributed by atoms with E-state index in [0.29, 0.717) is 47.0 Å². The fraction of sp³-hybridized carbons (Fsp3) is 1.00. The highest BCUT2D eigenvalue weighted by Crippen LogP contribution is 2.71. The fourth-order valence-electron chi connectivity index (χ4n) is 12.9. The third-order valence-electron chi connectivity index (χ3n) is 15.8. The predicted molar refractivity (Wildman–Crippen MR) is 177 cm³/mol. The van der Waals surface area contributed by atoms with Crippen LogP contribution in [0.4, 0.5) is 0 Å². The average molecular weight is 711 g/mol. The molecule has 0 bridgehead atoms. The lowest BCUT2D eigenvalue weighted by Crippen LogP contribution is -2.62. The molecule has 0 radical (unpaired) electrons. The standard InChI is InChI=1S/C38H62O12/c1-18-7-12-38(46-16-18)19(2)28-25(50-38)14-24-22-6-5-20-13-21(8-10-36(20,3)23(22)9-11-37(24,28)4)47-34-32(43)30(41)27(17-45-34)49-35-33(44)31(42)29(40)26(15-39)48-35/h18-35,39-44H,5-17H2,1-4H3/t18?,19?,20?,21?,22?,23?,24?,25?,26-,27+,28?,29-,30-,31-,32-,33-,34+,35+,36?,37?,38?/m1/s1. The summed E-state index contributed by atoms with van der Waals surface area (Å²) in [5.41, 5.74) is 0.540. The summed E-state index contributed by atoms with van der Waals surface area (Å²) >= 11 is 0. The second-order valence-electron chi connectivity index (χ2n) is 18.3. The largest absolute Gasteiger partial charge is 0.394 e. The van der Waals surface area contributed by atoms with Crippen molar-refractivity contribution in [1.82, 2.24) is 0 Å². The monoisotopic (exact) mass is 710 g/mol. The van der Waals surface area contributed by atoms with Crippen LogP contribution in [0.3, 0.4) is 0 Å². The molecule has 12 nitrogen and oxygen atoms in total. The molecule has 8 fully saturated rings. The van der Waals surface area contributed by atoms with E-state index in [2.05, 4.69) is 27.7 Å². The van der Waals surface area contributed by atoms with Crippen molar-refractivity contribution in [2.45, 2.75) is 165 Å². The van der Waals surface area contributed by atoms with Gasteiger partial charge in [-0.25, -0.2) is 0 Å². The predicted octanol–water partition coefficient (Wildman–Crippen LogP) is 2.08. The second-order valence-corrected chi connectivity index (χ2v) is 18.3. The van der Waals surface area contributed by atoms with E-state index in [1.54, 1.807) is 0 Å². The molecule has 8 aliphatic rings. The van der Waals surface area contributed by atoms with E-state index in [1.807, 2.05) is 0 Å². The number of ether oxygens (including phenoxy) is 6. The van der Waals surface area contributed by atoms with E-state index in [9.17, 15) is 30.6 Å². The van der Waals surface area contributed by atoms with Crippen LogP contribution in [-0.2, 0) is 28.4 Å². The highest BCUT2D eigenvalue weighted by Gasteiger charge is 2.69. The lowest BCUT2D eigenvalue weighted by Gasteiger charge is -2.61. The molecule has 286 valence electrons. The Morgan fingerprint density at radius 2 is 1.48 bits per heavy atom. The van der Waals surface area contributed by atoms with Crippen LogP contribution in [0.5, 0.6) is 0 Å². The minimum absolute atomic E-state index is 0.0947. The molecule has 21 atom stereocenters. The molecule has 12 unspecified atom stereocenters. The van der Waals surface area contributed by atoms with Crippen LogP contribution in [-0.4, -0.2) is 124 Å². The van der Waals surface area contributed by atoms with Gasteiger partial charge in [-0.2, -0.15) is 0 Å². The Bertz CT molecular complexity index is 1210. The van der Waals surface area contributed by atoms with Gasteiger partial charge in [-0.05, 0) is 104 Å². The number of fused-ring (bicyclic) bond motifs is 7. The van der Waals surface area contributed by atoms with E-state index in [-0.39, 0.29) is 23.9 Å². The number of hydrogen-bond donors (Lipinski definition) is 6. The van der Waals surface area contributed by atoms with Gasteiger partial charge in [0.15, 0.2) is 18.4 Å². The van der Waals surface area contributed by atoms with E-state index in [0.717, 1.165) is 38.2 Å². The molecule has 1 spiro atoms.